The standard InChI is InChI=1S/C19H16N2O2/c22-18(20-14-10-11-14)17-12-13-6-4-5-9-16(13)19(23)21(17)15-7-2-1-3-8-15/h1-9,12,14H,10-11H2,(H,20,22). The molecule has 1 fully saturated rings. The van der Waals surface area contributed by atoms with E-state index in [4.69, 9.17) is 0 Å². The van der Waals surface area contributed by atoms with Crippen molar-refractivity contribution in [2.24, 2.45) is 0 Å². The lowest BCUT2D eigenvalue weighted by atomic mass is 10.1. The van der Waals surface area contributed by atoms with E-state index in [1.807, 2.05) is 48.5 Å². The molecule has 0 spiro atoms. The third-order valence-electron chi connectivity index (χ3n) is 4.09. The molecule has 1 amide bonds. The lowest BCUT2D eigenvalue weighted by Gasteiger charge is -2.14. The highest BCUT2D eigenvalue weighted by atomic mass is 16.2. The normalized spacial score (nSPS) is 13.9. The second-order valence-corrected chi connectivity index (χ2v) is 5.84. The zero-order chi connectivity index (χ0) is 15.8. The van der Waals surface area contributed by atoms with Gasteiger partial charge in [0.1, 0.15) is 5.69 Å². The van der Waals surface area contributed by atoms with Crippen LogP contribution in [0.4, 0.5) is 0 Å². The van der Waals surface area contributed by atoms with Crippen LogP contribution in [0.5, 0.6) is 0 Å². The minimum absolute atomic E-state index is 0.171. The molecule has 2 aromatic carbocycles. The van der Waals surface area contributed by atoms with Crippen LogP contribution < -0.4 is 10.9 Å². The first-order valence-electron chi connectivity index (χ1n) is 7.75. The predicted molar refractivity (Wildman–Crippen MR) is 90.0 cm³/mol. The first kappa shape index (κ1) is 13.8. The summed E-state index contributed by atoms with van der Waals surface area (Å²) < 4.78 is 1.50. The van der Waals surface area contributed by atoms with Gasteiger partial charge in [0.15, 0.2) is 0 Å². The summed E-state index contributed by atoms with van der Waals surface area (Å²) in [5.41, 5.74) is 0.909. The molecule has 23 heavy (non-hydrogen) atoms. The van der Waals surface area contributed by atoms with Crippen LogP contribution in [0.25, 0.3) is 16.5 Å². The fourth-order valence-corrected chi connectivity index (χ4v) is 2.75. The molecule has 0 atom stereocenters. The zero-order valence-corrected chi connectivity index (χ0v) is 12.5. The SMILES string of the molecule is O=C(NC1CC1)c1cc2ccccc2c(=O)n1-c1ccccc1. The molecule has 114 valence electrons. The molecule has 0 unspecified atom stereocenters. The molecule has 0 radical (unpaired) electrons. The molecule has 4 nitrogen and oxygen atoms in total. The number of hydrogen-bond donors (Lipinski definition) is 1. The van der Waals surface area contributed by atoms with Crippen LogP contribution in [0.15, 0.2) is 65.5 Å². The van der Waals surface area contributed by atoms with Crippen LogP contribution in [0.2, 0.25) is 0 Å². The average Bonchev–Trinajstić information content (AvgIpc) is 3.39. The Bertz CT molecular complexity index is 940. The molecule has 4 heteroatoms. The van der Waals surface area contributed by atoms with Gasteiger partial charge in [0.05, 0.1) is 0 Å². The Morgan fingerprint density at radius 3 is 2.43 bits per heavy atom. The third-order valence-corrected chi connectivity index (χ3v) is 4.09. The topological polar surface area (TPSA) is 51.1 Å². The van der Waals surface area contributed by atoms with E-state index in [9.17, 15) is 9.59 Å². The lowest BCUT2D eigenvalue weighted by molar-refractivity contribution is 0.0943. The number of rotatable bonds is 3. The summed E-state index contributed by atoms with van der Waals surface area (Å²) in [6.45, 7) is 0. The molecule has 1 aliphatic rings. The van der Waals surface area contributed by atoms with Crippen molar-refractivity contribution < 1.29 is 4.79 Å². The van der Waals surface area contributed by atoms with E-state index in [1.54, 1.807) is 12.1 Å². The molecular weight excluding hydrogens is 288 g/mol. The van der Waals surface area contributed by atoms with Gasteiger partial charge in [-0.15, -0.1) is 0 Å². The largest absolute Gasteiger partial charge is 0.348 e. The fourth-order valence-electron chi connectivity index (χ4n) is 2.75. The van der Waals surface area contributed by atoms with E-state index in [1.165, 1.54) is 4.57 Å². The molecule has 4 rings (SSSR count). The second kappa shape index (κ2) is 5.39. The summed E-state index contributed by atoms with van der Waals surface area (Å²) in [6.07, 6.45) is 2.02. The lowest BCUT2D eigenvalue weighted by Crippen LogP contribution is -2.32. The number of amides is 1. The Hall–Kier alpha value is -2.88. The van der Waals surface area contributed by atoms with Gasteiger partial charge in [0.2, 0.25) is 0 Å². The van der Waals surface area contributed by atoms with Crippen LogP contribution in [0.3, 0.4) is 0 Å². The molecular formula is C19H16N2O2. The molecule has 1 heterocycles. The molecule has 0 saturated heterocycles. The van der Waals surface area contributed by atoms with Gasteiger partial charge in [-0.2, -0.15) is 0 Å². The van der Waals surface area contributed by atoms with Gasteiger partial charge < -0.3 is 5.32 Å². The maximum absolute atomic E-state index is 12.9. The Labute approximate surface area is 133 Å². The number of aromatic nitrogens is 1. The molecule has 1 N–H and O–H groups in total. The summed E-state index contributed by atoms with van der Waals surface area (Å²) in [5.74, 6) is -0.195. The third kappa shape index (κ3) is 2.52. The summed E-state index contributed by atoms with van der Waals surface area (Å²) in [5, 5.41) is 4.37. The number of benzene rings is 2. The van der Waals surface area contributed by atoms with Crippen molar-refractivity contribution in [3.8, 4) is 5.69 Å². The zero-order valence-electron chi connectivity index (χ0n) is 12.5. The van der Waals surface area contributed by atoms with Crippen LogP contribution in [0, 0.1) is 0 Å². The van der Waals surface area contributed by atoms with Gasteiger partial charge in [-0.25, -0.2) is 0 Å². The Morgan fingerprint density at radius 2 is 1.70 bits per heavy atom. The van der Waals surface area contributed by atoms with Gasteiger partial charge in [-0.1, -0.05) is 36.4 Å². The first-order valence-corrected chi connectivity index (χ1v) is 7.75. The number of carbonyl (C=O) groups is 1. The summed E-state index contributed by atoms with van der Waals surface area (Å²) in [7, 11) is 0. The van der Waals surface area contributed by atoms with Gasteiger partial charge in [-0.3, -0.25) is 14.2 Å². The summed E-state index contributed by atoms with van der Waals surface area (Å²) in [4.78, 5) is 25.6. The Balaban J connectivity index is 1.98. The van der Waals surface area contributed by atoms with Gasteiger partial charge in [0.25, 0.3) is 11.5 Å². The van der Waals surface area contributed by atoms with Crippen molar-refractivity contribution in [3.05, 3.63) is 76.7 Å². The number of pyridine rings is 1. The highest BCUT2D eigenvalue weighted by Gasteiger charge is 2.26. The number of hydrogen-bond acceptors (Lipinski definition) is 2. The second-order valence-electron chi connectivity index (χ2n) is 5.84. The van der Waals surface area contributed by atoms with Gasteiger partial charge in [-0.05, 0) is 42.5 Å². The molecule has 1 aromatic heterocycles. The van der Waals surface area contributed by atoms with Crippen molar-refractivity contribution >= 4 is 16.7 Å². The van der Waals surface area contributed by atoms with Crippen molar-refractivity contribution in [1.29, 1.82) is 0 Å². The van der Waals surface area contributed by atoms with Crippen LogP contribution in [-0.2, 0) is 0 Å². The van der Waals surface area contributed by atoms with Crippen LogP contribution >= 0.6 is 0 Å². The molecule has 0 aliphatic heterocycles. The van der Waals surface area contributed by atoms with Crippen LogP contribution in [0.1, 0.15) is 23.3 Å². The van der Waals surface area contributed by atoms with E-state index in [0.717, 1.165) is 18.2 Å². The fraction of sp³-hybridized carbons (Fsp3) is 0.158. The molecule has 0 bridgehead atoms. The highest BCUT2D eigenvalue weighted by molar-refractivity contribution is 5.97. The number of fused-ring (bicyclic) bond motifs is 1. The Morgan fingerprint density at radius 1 is 1.00 bits per heavy atom. The number of nitrogens with one attached hydrogen (secondary N) is 1. The van der Waals surface area contributed by atoms with Crippen molar-refractivity contribution in [3.63, 3.8) is 0 Å². The van der Waals surface area contributed by atoms with E-state index in [0.29, 0.717) is 16.8 Å². The smallest absolute Gasteiger partial charge is 0.268 e. The molecule has 1 saturated carbocycles. The van der Waals surface area contributed by atoms with E-state index in [-0.39, 0.29) is 17.5 Å². The first-order chi connectivity index (χ1) is 11.2. The molecule has 1 aliphatic carbocycles. The summed E-state index contributed by atoms with van der Waals surface area (Å²) >= 11 is 0. The predicted octanol–water partition coefficient (Wildman–Crippen LogP) is 2.88. The minimum atomic E-state index is -0.195. The van der Waals surface area contributed by atoms with E-state index < -0.39 is 0 Å². The van der Waals surface area contributed by atoms with Crippen molar-refractivity contribution in [2.75, 3.05) is 0 Å². The monoisotopic (exact) mass is 304 g/mol. The van der Waals surface area contributed by atoms with Gasteiger partial charge >= 0.3 is 0 Å². The minimum Gasteiger partial charge on any atom is -0.348 e. The quantitative estimate of drug-likeness (QED) is 0.809. The van der Waals surface area contributed by atoms with E-state index in [2.05, 4.69) is 5.32 Å². The highest BCUT2D eigenvalue weighted by Crippen LogP contribution is 2.21. The number of carbonyl (C=O) groups excluding carboxylic acids is 1. The maximum Gasteiger partial charge on any atom is 0.268 e. The van der Waals surface area contributed by atoms with E-state index >= 15 is 0 Å². The van der Waals surface area contributed by atoms with Crippen molar-refractivity contribution in [2.45, 2.75) is 18.9 Å². The summed E-state index contributed by atoms with van der Waals surface area (Å²) in [6, 6.07) is 18.7. The van der Waals surface area contributed by atoms with Gasteiger partial charge in [0, 0.05) is 17.1 Å². The number of para-hydroxylation sites is 1. The molecule has 3 aromatic rings. The number of nitrogens with zero attached hydrogens (tertiary/aromatic N) is 1. The van der Waals surface area contributed by atoms with Crippen molar-refractivity contribution in [1.82, 2.24) is 9.88 Å². The average molecular weight is 304 g/mol. The Kier molecular flexibility index (Phi) is 3.23. The van der Waals surface area contributed by atoms with Crippen LogP contribution in [-0.4, -0.2) is 16.5 Å². The maximum atomic E-state index is 12.9.